The highest BCUT2D eigenvalue weighted by atomic mass is 32.2. The lowest BCUT2D eigenvalue weighted by Crippen LogP contribution is -2.09. The molecule has 0 radical (unpaired) electrons. The first-order valence-corrected chi connectivity index (χ1v) is 9.08. The van der Waals surface area contributed by atoms with Crippen LogP contribution in [0.15, 0.2) is 58.3 Å². The summed E-state index contributed by atoms with van der Waals surface area (Å²) in [5.41, 5.74) is 0. The molecule has 1 aliphatic heterocycles. The Morgan fingerprint density at radius 2 is 1.40 bits per heavy atom. The Morgan fingerprint density at radius 3 is 1.88 bits per heavy atom. The summed E-state index contributed by atoms with van der Waals surface area (Å²) in [4.78, 5) is 2.41. The maximum atomic E-state index is 9.75. The van der Waals surface area contributed by atoms with Gasteiger partial charge in [-0.1, -0.05) is 37.6 Å². The highest BCUT2D eigenvalue weighted by Crippen LogP contribution is 2.42. The minimum absolute atomic E-state index is 0.184. The van der Waals surface area contributed by atoms with E-state index in [0.29, 0.717) is 0 Å². The maximum Gasteiger partial charge on any atom is 0.673 e. The first-order valence-electron chi connectivity index (χ1n) is 7.86. The summed E-state index contributed by atoms with van der Waals surface area (Å²) < 4.78 is 45.0. The van der Waals surface area contributed by atoms with Crippen LogP contribution in [0.3, 0.4) is 0 Å². The lowest BCUT2D eigenvalue weighted by atomic mass is 10.3. The fourth-order valence-corrected chi connectivity index (χ4v) is 3.90. The van der Waals surface area contributed by atoms with E-state index in [4.69, 9.17) is 4.74 Å². The van der Waals surface area contributed by atoms with Crippen molar-refractivity contribution in [3.8, 4) is 22.7 Å². The number of benzene rings is 2. The summed E-state index contributed by atoms with van der Waals surface area (Å²) in [7, 11) is -6.18. The Bertz CT molecular complexity index is 716. The van der Waals surface area contributed by atoms with Gasteiger partial charge < -0.3 is 22.0 Å². The Morgan fingerprint density at radius 1 is 0.920 bits per heavy atom. The standard InChI is InChI=1S/C18H17OS.BF4/c1-2-3-4-9-14-20-17-12-7-5-10-15(17)19-16-11-6-8-13-18(16)20;2-1(3,4)5/h5-8,10-13H,2-4H2,1H3;/q+1;-1. The lowest BCUT2D eigenvalue weighted by molar-refractivity contribution is 0.368. The molecule has 0 saturated heterocycles. The van der Waals surface area contributed by atoms with Gasteiger partial charge in [-0.15, -0.1) is 0 Å². The van der Waals surface area contributed by atoms with E-state index in [1.54, 1.807) is 0 Å². The number of unbranched alkanes of at least 4 members (excludes halogenated alkanes) is 2. The van der Waals surface area contributed by atoms with Crippen molar-refractivity contribution in [2.75, 3.05) is 0 Å². The first-order chi connectivity index (χ1) is 11.9. The fraction of sp³-hybridized carbons (Fsp3) is 0.222. The number of halogens is 4. The zero-order valence-electron chi connectivity index (χ0n) is 13.6. The molecule has 2 aromatic carbocycles. The molecule has 7 heteroatoms. The Balaban J connectivity index is 0.000000399. The van der Waals surface area contributed by atoms with Gasteiger partial charge in [-0.05, 0) is 36.6 Å². The van der Waals surface area contributed by atoms with Crippen LogP contribution in [-0.2, 0) is 10.9 Å². The van der Waals surface area contributed by atoms with E-state index in [0.717, 1.165) is 17.9 Å². The lowest BCUT2D eigenvalue weighted by Gasteiger charge is -2.16. The smallest absolute Gasteiger partial charge is 0.447 e. The molecule has 0 aromatic heterocycles. The highest BCUT2D eigenvalue weighted by molar-refractivity contribution is 8.01. The molecular weight excluding hydrogens is 351 g/mol. The predicted octanol–water partition coefficient (Wildman–Crippen LogP) is 6.28. The van der Waals surface area contributed by atoms with Crippen LogP contribution in [0.1, 0.15) is 26.2 Å². The SMILES string of the molecule is CCCCC#C[S+]1c2ccccc2Oc2ccccc21.F[B-](F)(F)F. The molecule has 1 nitrogen and oxygen atoms in total. The van der Waals surface area contributed by atoms with Crippen LogP contribution >= 0.6 is 0 Å². The third kappa shape index (κ3) is 6.06. The fourth-order valence-electron chi connectivity index (χ4n) is 2.14. The van der Waals surface area contributed by atoms with Gasteiger partial charge >= 0.3 is 7.25 Å². The maximum absolute atomic E-state index is 9.75. The average molecular weight is 368 g/mol. The van der Waals surface area contributed by atoms with Gasteiger partial charge in [0.2, 0.25) is 9.79 Å². The molecular formula is C18H17BF4OS. The van der Waals surface area contributed by atoms with E-state index in [2.05, 4.69) is 42.4 Å². The molecule has 25 heavy (non-hydrogen) atoms. The van der Waals surface area contributed by atoms with Crippen molar-refractivity contribution in [3.63, 3.8) is 0 Å². The number of ether oxygens (including phenoxy) is 1. The van der Waals surface area contributed by atoms with Crippen LogP contribution in [-0.4, -0.2) is 7.25 Å². The van der Waals surface area contributed by atoms with Crippen LogP contribution in [0, 0.1) is 11.2 Å². The molecule has 2 aromatic rings. The third-order valence-electron chi connectivity index (χ3n) is 3.19. The Hall–Kier alpha value is -2.07. The topological polar surface area (TPSA) is 9.23 Å². The van der Waals surface area contributed by atoms with Gasteiger partial charge in [0.25, 0.3) is 0 Å². The van der Waals surface area contributed by atoms with Crippen molar-refractivity contribution in [3.05, 3.63) is 48.5 Å². The van der Waals surface area contributed by atoms with Crippen molar-refractivity contribution >= 4 is 18.1 Å². The van der Waals surface area contributed by atoms with Crippen LogP contribution in [0.5, 0.6) is 11.5 Å². The molecule has 0 saturated carbocycles. The van der Waals surface area contributed by atoms with Crippen molar-refractivity contribution < 1.29 is 22.0 Å². The first kappa shape index (κ1) is 19.3. The van der Waals surface area contributed by atoms with Gasteiger partial charge in [-0.25, -0.2) is 0 Å². The number of fused-ring (bicyclic) bond motifs is 2. The second-order valence-electron chi connectivity index (χ2n) is 5.18. The van der Waals surface area contributed by atoms with Gasteiger partial charge in [-0.3, -0.25) is 0 Å². The van der Waals surface area contributed by atoms with Gasteiger partial charge in [-0.2, -0.15) is 0 Å². The van der Waals surface area contributed by atoms with Gasteiger partial charge in [0, 0.05) is 6.42 Å². The summed E-state index contributed by atoms with van der Waals surface area (Å²) in [5.74, 6) is 5.23. The van der Waals surface area contributed by atoms with Gasteiger partial charge in [0.1, 0.15) is 0 Å². The Kier molecular flexibility index (Phi) is 6.83. The summed E-state index contributed by atoms with van der Waals surface area (Å²) in [6, 6.07) is 16.5. The van der Waals surface area contributed by atoms with E-state index in [1.807, 2.05) is 24.3 Å². The van der Waals surface area contributed by atoms with Crippen LogP contribution < -0.4 is 4.74 Å². The normalized spacial score (nSPS) is 12.5. The Labute approximate surface area is 147 Å². The molecule has 1 heterocycles. The summed E-state index contributed by atoms with van der Waals surface area (Å²) >= 11 is 0. The summed E-state index contributed by atoms with van der Waals surface area (Å²) in [5, 5.41) is 3.47. The zero-order valence-corrected chi connectivity index (χ0v) is 14.5. The molecule has 3 rings (SSSR count). The zero-order chi connectivity index (χ0) is 18.3. The summed E-state index contributed by atoms with van der Waals surface area (Å²) in [6.07, 6.45) is 3.34. The van der Waals surface area contributed by atoms with Crippen molar-refractivity contribution in [2.45, 2.75) is 36.0 Å². The molecule has 0 N–H and O–H groups in total. The average Bonchev–Trinajstić information content (AvgIpc) is 2.56. The van der Waals surface area contributed by atoms with Gasteiger partial charge in [0.15, 0.2) is 27.6 Å². The summed E-state index contributed by atoms with van der Waals surface area (Å²) in [6.45, 7) is 2.20. The van der Waals surface area contributed by atoms with Crippen molar-refractivity contribution in [1.82, 2.24) is 0 Å². The third-order valence-corrected chi connectivity index (χ3v) is 5.09. The van der Waals surface area contributed by atoms with E-state index < -0.39 is 7.25 Å². The van der Waals surface area contributed by atoms with E-state index in [1.165, 1.54) is 22.6 Å². The molecule has 0 unspecified atom stereocenters. The minimum atomic E-state index is -6.00. The van der Waals surface area contributed by atoms with E-state index in [9.17, 15) is 17.3 Å². The molecule has 0 amide bonds. The van der Waals surface area contributed by atoms with E-state index >= 15 is 0 Å². The quantitative estimate of drug-likeness (QED) is 0.199. The van der Waals surface area contributed by atoms with Crippen molar-refractivity contribution in [2.24, 2.45) is 0 Å². The van der Waals surface area contributed by atoms with Crippen molar-refractivity contribution in [1.29, 1.82) is 0 Å². The molecule has 132 valence electrons. The van der Waals surface area contributed by atoms with Crippen LogP contribution in [0.25, 0.3) is 0 Å². The molecule has 0 bridgehead atoms. The second-order valence-corrected chi connectivity index (χ2v) is 6.88. The number of hydrogen-bond donors (Lipinski definition) is 0. The second kappa shape index (κ2) is 8.86. The molecule has 0 atom stereocenters. The molecule has 1 aliphatic rings. The number of para-hydroxylation sites is 2. The number of hydrogen-bond acceptors (Lipinski definition) is 1. The van der Waals surface area contributed by atoms with E-state index in [-0.39, 0.29) is 10.9 Å². The monoisotopic (exact) mass is 368 g/mol. The number of rotatable bonds is 2. The van der Waals surface area contributed by atoms with Gasteiger partial charge in [0.05, 0.1) is 0 Å². The predicted molar refractivity (Wildman–Crippen MR) is 94.3 cm³/mol. The molecule has 0 aliphatic carbocycles. The minimum Gasteiger partial charge on any atom is -0.447 e. The highest BCUT2D eigenvalue weighted by Gasteiger charge is 2.36. The molecule has 0 fully saturated rings. The van der Waals surface area contributed by atoms with Crippen LogP contribution in [0.4, 0.5) is 17.3 Å². The largest absolute Gasteiger partial charge is 0.673 e. The van der Waals surface area contributed by atoms with Crippen LogP contribution in [0.2, 0.25) is 0 Å². The molecule has 0 spiro atoms.